The minimum Gasteiger partial charge on any atom is -0.481 e. The van der Waals surface area contributed by atoms with Crippen LogP contribution in [-0.4, -0.2) is 27.0 Å². The van der Waals surface area contributed by atoms with Crippen LogP contribution in [0.3, 0.4) is 0 Å². The van der Waals surface area contributed by atoms with Crippen LogP contribution >= 0.6 is 13.5 Å². The summed E-state index contributed by atoms with van der Waals surface area (Å²) in [6, 6.07) is 10.0. The number of halogens is 2. The maximum absolute atomic E-state index is 14.2. The Morgan fingerprint density at radius 1 is 1.10 bits per heavy atom. The monoisotopic (exact) mass is 444 g/mol. The highest BCUT2D eigenvalue weighted by atomic mass is 32.1. The lowest BCUT2D eigenvalue weighted by Gasteiger charge is -2.13. The quantitative estimate of drug-likeness (QED) is 0.554. The zero-order valence-electron chi connectivity index (χ0n) is 16.2. The number of anilines is 2. The Kier molecular flexibility index (Phi) is 6.21. The summed E-state index contributed by atoms with van der Waals surface area (Å²) >= 11 is 0. The Hall–Kier alpha value is -3.53. The topological polar surface area (TPSA) is 104 Å². The highest BCUT2D eigenvalue weighted by Gasteiger charge is 2.28. The van der Waals surface area contributed by atoms with E-state index < -0.39 is 29.4 Å². The highest BCUT2D eigenvalue weighted by molar-refractivity contribution is 7.59. The molecule has 7 nitrogen and oxygen atoms in total. The van der Waals surface area contributed by atoms with Gasteiger partial charge >= 0.3 is 5.97 Å². The first-order valence-electron chi connectivity index (χ1n) is 9.08. The van der Waals surface area contributed by atoms with E-state index >= 15 is 0 Å². The summed E-state index contributed by atoms with van der Waals surface area (Å²) in [5.41, 5.74) is 1.27. The molecule has 0 aliphatic carbocycles. The second kappa shape index (κ2) is 8.68. The molecule has 1 amide bonds. The number of hydrogen-bond acceptors (Lipinski definition) is 5. The van der Waals surface area contributed by atoms with E-state index in [2.05, 4.69) is 20.6 Å². The van der Waals surface area contributed by atoms with Crippen molar-refractivity contribution in [1.82, 2.24) is 15.3 Å². The van der Waals surface area contributed by atoms with E-state index in [9.17, 15) is 18.4 Å². The summed E-state index contributed by atoms with van der Waals surface area (Å²) in [6.07, 6.45) is 0. The Bertz CT molecular complexity index is 1150. The van der Waals surface area contributed by atoms with Crippen molar-refractivity contribution < 1.29 is 23.5 Å². The lowest BCUT2D eigenvalue weighted by atomic mass is 10.0. The smallest absolute Gasteiger partial charge is 0.310 e. The largest absolute Gasteiger partial charge is 0.481 e. The van der Waals surface area contributed by atoms with Crippen molar-refractivity contribution in [3.8, 4) is 11.4 Å². The van der Waals surface area contributed by atoms with Gasteiger partial charge in [0.05, 0.1) is 23.7 Å². The van der Waals surface area contributed by atoms with Crippen LogP contribution in [0, 0.1) is 11.6 Å². The van der Waals surface area contributed by atoms with Crippen molar-refractivity contribution in [1.29, 1.82) is 0 Å². The first kappa shape index (κ1) is 22.2. The predicted molar refractivity (Wildman–Crippen MR) is 115 cm³/mol. The zero-order chi connectivity index (χ0) is 21.4. The minimum absolute atomic E-state index is 0. The third-order valence-corrected chi connectivity index (χ3v) is 4.86. The van der Waals surface area contributed by atoms with Gasteiger partial charge in [-0.15, -0.1) is 0 Å². The molecule has 4 rings (SSSR count). The first-order valence-corrected chi connectivity index (χ1v) is 9.08. The van der Waals surface area contributed by atoms with Crippen LogP contribution in [0.5, 0.6) is 0 Å². The molecule has 31 heavy (non-hydrogen) atoms. The van der Waals surface area contributed by atoms with Gasteiger partial charge in [-0.1, -0.05) is 18.2 Å². The van der Waals surface area contributed by atoms with Gasteiger partial charge < -0.3 is 15.7 Å². The number of fused-ring (bicyclic) bond motifs is 1. The van der Waals surface area contributed by atoms with Crippen molar-refractivity contribution in [3.05, 3.63) is 70.9 Å². The number of aliphatic carboxylic acids is 1. The summed E-state index contributed by atoms with van der Waals surface area (Å²) in [6.45, 7) is 1.69. The SMILES string of the molecule is CC(C(=O)O)c1ccc(Nc2nc(-c3c(F)cccc3F)nc3c2C(=O)NC3)cc1.S. The number of aromatic nitrogens is 2. The molecule has 1 aliphatic heterocycles. The van der Waals surface area contributed by atoms with E-state index in [0.29, 0.717) is 16.9 Å². The first-order chi connectivity index (χ1) is 14.3. The molecule has 1 aromatic heterocycles. The summed E-state index contributed by atoms with van der Waals surface area (Å²) in [7, 11) is 0. The second-order valence-electron chi connectivity index (χ2n) is 6.80. The van der Waals surface area contributed by atoms with Gasteiger partial charge in [-0.05, 0) is 36.8 Å². The number of rotatable bonds is 5. The van der Waals surface area contributed by atoms with E-state index in [4.69, 9.17) is 5.11 Å². The normalized spacial score (nSPS) is 13.1. The maximum atomic E-state index is 14.2. The summed E-state index contributed by atoms with van der Waals surface area (Å²) in [5, 5.41) is 14.7. The van der Waals surface area contributed by atoms with Gasteiger partial charge in [0.25, 0.3) is 5.91 Å². The summed E-state index contributed by atoms with van der Waals surface area (Å²) in [4.78, 5) is 31.7. The molecular weight excluding hydrogens is 426 g/mol. The van der Waals surface area contributed by atoms with Gasteiger partial charge in [-0.3, -0.25) is 9.59 Å². The number of carbonyl (C=O) groups excluding carboxylic acids is 1. The van der Waals surface area contributed by atoms with Crippen molar-refractivity contribution in [2.24, 2.45) is 0 Å². The fourth-order valence-corrected chi connectivity index (χ4v) is 3.17. The van der Waals surface area contributed by atoms with Gasteiger partial charge in [0, 0.05) is 5.69 Å². The third kappa shape index (κ3) is 4.19. The molecule has 3 aromatic rings. The van der Waals surface area contributed by atoms with Gasteiger partial charge in [-0.25, -0.2) is 18.7 Å². The number of carbonyl (C=O) groups is 2. The summed E-state index contributed by atoms with van der Waals surface area (Å²) < 4.78 is 28.5. The minimum atomic E-state index is -0.947. The van der Waals surface area contributed by atoms with Gasteiger partial charge in [0.2, 0.25) is 0 Å². The van der Waals surface area contributed by atoms with Crippen LogP contribution in [-0.2, 0) is 11.3 Å². The maximum Gasteiger partial charge on any atom is 0.310 e. The van der Waals surface area contributed by atoms with Crippen molar-refractivity contribution >= 4 is 36.9 Å². The Balaban J connectivity index is 0.00000272. The Labute approximate surface area is 183 Å². The number of nitrogens with one attached hydrogen (secondary N) is 2. The molecule has 10 heteroatoms. The average molecular weight is 444 g/mol. The lowest BCUT2D eigenvalue weighted by molar-refractivity contribution is -0.138. The zero-order valence-corrected chi connectivity index (χ0v) is 17.2. The molecule has 0 saturated heterocycles. The van der Waals surface area contributed by atoms with Crippen molar-refractivity contribution in [3.63, 3.8) is 0 Å². The van der Waals surface area contributed by atoms with E-state index in [1.165, 1.54) is 6.07 Å². The van der Waals surface area contributed by atoms with Crippen LogP contribution in [0.2, 0.25) is 0 Å². The fourth-order valence-electron chi connectivity index (χ4n) is 3.17. The highest BCUT2D eigenvalue weighted by Crippen LogP contribution is 2.30. The molecule has 1 unspecified atom stereocenters. The van der Waals surface area contributed by atoms with Crippen molar-refractivity contribution in [2.75, 3.05) is 5.32 Å². The van der Waals surface area contributed by atoms with Gasteiger partial charge in [-0.2, -0.15) is 13.5 Å². The van der Waals surface area contributed by atoms with E-state index in [1.807, 2.05) is 0 Å². The molecule has 1 aliphatic rings. The predicted octanol–water partition coefficient (Wildman–Crippen LogP) is 3.71. The van der Waals surface area contributed by atoms with Crippen LogP contribution in [0.25, 0.3) is 11.4 Å². The van der Waals surface area contributed by atoms with Crippen molar-refractivity contribution in [2.45, 2.75) is 19.4 Å². The number of nitrogens with zero attached hydrogens (tertiary/aromatic N) is 2. The number of carboxylic acid groups (broad SMARTS) is 1. The van der Waals surface area contributed by atoms with Crippen LogP contribution in [0.4, 0.5) is 20.3 Å². The molecule has 2 aromatic carbocycles. The summed E-state index contributed by atoms with van der Waals surface area (Å²) in [5.74, 6) is -3.73. The third-order valence-electron chi connectivity index (χ3n) is 4.86. The molecule has 0 saturated carbocycles. The Morgan fingerprint density at radius 3 is 2.35 bits per heavy atom. The number of amides is 1. The van der Waals surface area contributed by atoms with Crippen LogP contribution < -0.4 is 10.6 Å². The van der Waals surface area contributed by atoms with E-state index in [0.717, 1.165) is 12.1 Å². The van der Waals surface area contributed by atoms with E-state index in [1.54, 1.807) is 31.2 Å². The average Bonchev–Trinajstić information content (AvgIpc) is 3.09. The molecule has 0 radical (unpaired) electrons. The standard InChI is InChI=1S/C21H16F2N4O3.H2S/c1-10(21(29)30)11-5-7-12(8-6-11)25-19-17-15(9-24-20(17)28)26-18(27-19)16-13(22)3-2-4-14(16)23;/h2-8,10H,9H2,1H3,(H,24,28)(H,29,30)(H,25,26,27);1H2. The molecule has 0 spiro atoms. The molecular formula is C21H18F2N4O3S. The lowest BCUT2D eigenvalue weighted by Crippen LogP contribution is -2.14. The van der Waals surface area contributed by atoms with Crippen LogP contribution in [0.15, 0.2) is 42.5 Å². The Morgan fingerprint density at radius 2 is 1.74 bits per heavy atom. The molecule has 0 fully saturated rings. The fraction of sp³-hybridized carbons (Fsp3) is 0.143. The molecule has 0 bridgehead atoms. The molecule has 160 valence electrons. The molecule has 1 atom stereocenters. The number of hydrogen-bond donors (Lipinski definition) is 3. The van der Waals surface area contributed by atoms with E-state index in [-0.39, 0.29) is 42.8 Å². The van der Waals surface area contributed by atoms with Crippen LogP contribution in [0.1, 0.15) is 34.5 Å². The second-order valence-corrected chi connectivity index (χ2v) is 6.80. The van der Waals surface area contributed by atoms with Gasteiger partial charge in [0.15, 0.2) is 5.82 Å². The van der Waals surface area contributed by atoms with Gasteiger partial charge in [0.1, 0.15) is 23.0 Å². The number of benzene rings is 2. The number of carboxylic acids is 1. The molecule has 2 heterocycles. The molecule has 3 N–H and O–H groups in total.